The van der Waals surface area contributed by atoms with E-state index in [-0.39, 0.29) is 0 Å². The highest BCUT2D eigenvalue weighted by Crippen LogP contribution is 2.41. The Morgan fingerprint density at radius 3 is 2.90 bits per heavy atom. The fraction of sp³-hybridized carbons (Fsp3) is 0.500. The molecule has 0 aliphatic carbocycles. The van der Waals surface area contributed by atoms with Gasteiger partial charge in [0.2, 0.25) is 0 Å². The number of aromatic nitrogens is 2. The number of nitrogens with zero attached hydrogens (tertiary/aromatic N) is 1. The third-order valence-electron chi connectivity index (χ3n) is 3.69. The highest BCUT2D eigenvalue weighted by Gasteiger charge is 2.57. The standard InChI is InChI=1S/C12H14N2O6/c1-6-4-14(11(18)13-9(6)17)10-7-8(16)12(5-15,20-10)2-3-19-7/h2-4,7-8,10,15-16H,5H2,1H3,(H,13,17,18)/t7?,8?,10-,12-/m1/s1. The lowest BCUT2D eigenvalue weighted by Crippen LogP contribution is -2.47. The summed E-state index contributed by atoms with van der Waals surface area (Å²) in [5.41, 5.74) is -2.11. The van der Waals surface area contributed by atoms with Crippen molar-refractivity contribution in [1.29, 1.82) is 0 Å². The number of rotatable bonds is 2. The molecule has 1 aromatic heterocycles. The van der Waals surface area contributed by atoms with E-state index in [2.05, 4.69) is 4.98 Å². The number of aromatic amines is 1. The predicted molar refractivity (Wildman–Crippen MR) is 66.0 cm³/mol. The maximum Gasteiger partial charge on any atom is 0.330 e. The molecule has 0 amide bonds. The Kier molecular flexibility index (Phi) is 2.82. The molecule has 1 aromatic rings. The Morgan fingerprint density at radius 2 is 2.25 bits per heavy atom. The van der Waals surface area contributed by atoms with Gasteiger partial charge in [0, 0.05) is 11.8 Å². The van der Waals surface area contributed by atoms with Gasteiger partial charge in [-0.25, -0.2) is 4.79 Å². The number of hydrogen-bond donors (Lipinski definition) is 3. The Morgan fingerprint density at radius 1 is 1.50 bits per heavy atom. The molecule has 0 spiro atoms. The zero-order valence-corrected chi connectivity index (χ0v) is 10.6. The molecule has 3 N–H and O–H groups in total. The summed E-state index contributed by atoms with van der Waals surface area (Å²) in [6.45, 7) is 1.10. The number of aliphatic hydroxyl groups is 2. The summed E-state index contributed by atoms with van der Waals surface area (Å²) in [6.07, 6.45) is 1.20. The average Bonchev–Trinajstić information content (AvgIpc) is 2.60. The van der Waals surface area contributed by atoms with Crippen molar-refractivity contribution in [3.63, 3.8) is 0 Å². The van der Waals surface area contributed by atoms with Gasteiger partial charge in [-0.1, -0.05) is 0 Å². The van der Waals surface area contributed by atoms with Gasteiger partial charge in [0.25, 0.3) is 5.56 Å². The molecule has 4 atom stereocenters. The second-order valence-electron chi connectivity index (χ2n) is 4.95. The van der Waals surface area contributed by atoms with Crippen molar-refractivity contribution in [3.05, 3.63) is 44.9 Å². The first-order valence-corrected chi connectivity index (χ1v) is 6.10. The minimum Gasteiger partial charge on any atom is -0.491 e. The van der Waals surface area contributed by atoms with Crippen LogP contribution in [-0.2, 0) is 9.47 Å². The van der Waals surface area contributed by atoms with E-state index in [1.54, 1.807) is 6.92 Å². The molecule has 2 bridgehead atoms. The number of aliphatic hydroxyl groups excluding tert-OH is 2. The van der Waals surface area contributed by atoms with Gasteiger partial charge in [0.05, 0.1) is 12.9 Å². The lowest BCUT2D eigenvalue weighted by Gasteiger charge is -2.29. The second kappa shape index (κ2) is 4.30. The number of fused-ring (bicyclic) bond motifs is 2. The maximum absolute atomic E-state index is 11.9. The van der Waals surface area contributed by atoms with Gasteiger partial charge in [-0.15, -0.1) is 0 Å². The quantitative estimate of drug-likeness (QED) is 0.600. The first kappa shape index (κ1) is 13.1. The lowest BCUT2D eigenvalue weighted by molar-refractivity contribution is -0.0972. The van der Waals surface area contributed by atoms with Gasteiger partial charge < -0.3 is 19.7 Å². The molecule has 8 nitrogen and oxygen atoms in total. The van der Waals surface area contributed by atoms with Crippen molar-refractivity contribution in [2.24, 2.45) is 0 Å². The van der Waals surface area contributed by atoms with Crippen molar-refractivity contribution in [2.75, 3.05) is 6.61 Å². The molecular weight excluding hydrogens is 268 g/mol. The molecular formula is C12H14N2O6. The summed E-state index contributed by atoms with van der Waals surface area (Å²) in [6, 6.07) is 0. The van der Waals surface area contributed by atoms with E-state index in [1.807, 2.05) is 0 Å². The van der Waals surface area contributed by atoms with Crippen LogP contribution in [0.5, 0.6) is 0 Å². The van der Waals surface area contributed by atoms with Gasteiger partial charge in [-0.2, -0.15) is 0 Å². The van der Waals surface area contributed by atoms with Gasteiger partial charge in [-0.3, -0.25) is 14.3 Å². The topological polar surface area (TPSA) is 114 Å². The summed E-state index contributed by atoms with van der Waals surface area (Å²) in [5, 5.41) is 19.6. The van der Waals surface area contributed by atoms with Crippen LogP contribution in [-0.4, -0.2) is 44.2 Å². The Labute approximate surface area is 112 Å². The normalized spacial score (nSPS) is 35.0. The third kappa shape index (κ3) is 1.65. The van der Waals surface area contributed by atoms with Crippen LogP contribution in [0.2, 0.25) is 0 Å². The Bertz CT molecular complexity index is 677. The molecule has 3 rings (SSSR count). The SMILES string of the molecule is Cc1cn([C@@H]2O[C@@]3(CO)C=COC2C3O)c(=O)[nH]c1=O. The molecule has 8 heteroatoms. The third-order valence-corrected chi connectivity index (χ3v) is 3.69. The van der Waals surface area contributed by atoms with E-state index in [0.29, 0.717) is 5.56 Å². The molecule has 0 radical (unpaired) electrons. The molecule has 0 aromatic carbocycles. The number of aryl methyl sites for hydroxylation is 1. The van der Waals surface area contributed by atoms with E-state index in [9.17, 15) is 19.8 Å². The van der Waals surface area contributed by atoms with E-state index in [4.69, 9.17) is 9.47 Å². The molecule has 2 aliphatic rings. The van der Waals surface area contributed by atoms with Crippen LogP contribution in [0.4, 0.5) is 0 Å². The van der Waals surface area contributed by atoms with E-state index in [1.165, 1.54) is 18.5 Å². The van der Waals surface area contributed by atoms with Crippen molar-refractivity contribution < 1.29 is 19.7 Å². The molecule has 108 valence electrons. The fourth-order valence-corrected chi connectivity index (χ4v) is 2.49. The zero-order chi connectivity index (χ0) is 14.5. The molecule has 2 unspecified atom stereocenters. The van der Waals surface area contributed by atoms with Gasteiger partial charge in [0.15, 0.2) is 12.3 Å². The molecule has 20 heavy (non-hydrogen) atoms. The van der Waals surface area contributed by atoms with Crippen molar-refractivity contribution in [1.82, 2.24) is 9.55 Å². The van der Waals surface area contributed by atoms with Crippen molar-refractivity contribution in [2.45, 2.75) is 31.0 Å². The number of hydrogen-bond acceptors (Lipinski definition) is 6. The molecule has 0 saturated carbocycles. The fourth-order valence-electron chi connectivity index (χ4n) is 2.49. The second-order valence-corrected chi connectivity index (χ2v) is 4.95. The average molecular weight is 282 g/mol. The van der Waals surface area contributed by atoms with Crippen LogP contribution in [0, 0.1) is 6.92 Å². The van der Waals surface area contributed by atoms with E-state index in [0.717, 1.165) is 4.57 Å². The molecule has 3 heterocycles. The summed E-state index contributed by atoms with van der Waals surface area (Å²) >= 11 is 0. The van der Waals surface area contributed by atoms with Crippen LogP contribution < -0.4 is 11.2 Å². The van der Waals surface area contributed by atoms with Crippen LogP contribution >= 0.6 is 0 Å². The number of ether oxygens (including phenoxy) is 2. The van der Waals surface area contributed by atoms with Crippen LogP contribution in [0.1, 0.15) is 11.8 Å². The van der Waals surface area contributed by atoms with Crippen LogP contribution in [0.15, 0.2) is 28.1 Å². The monoisotopic (exact) mass is 282 g/mol. The first-order valence-electron chi connectivity index (χ1n) is 6.10. The summed E-state index contributed by atoms with van der Waals surface area (Å²) in [7, 11) is 0. The number of H-pyrrole nitrogens is 1. The largest absolute Gasteiger partial charge is 0.491 e. The Balaban J connectivity index is 2.08. The highest BCUT2D eigenvalue weighted by molar-refractivity contribution is 5.16. The van der Waals surface area contributed by atoms with E-state index >= 15 is 0 Å². The van der Waals surface area contributed by atoms with Crippen LogP contribution in [0.25, 0.3) is 0 Å². The lowest BCUT2D eigenvalue weighted by atomic mass is 9.94. The molecule has 2 aliphatic heterocycles. The van der Waals surface area contributed by atoms with Gasteiger partial charge in [-0.05, 0) is 13.0 Å². The minimum atomic E-state index is -1.29. The zero-order valence-electron chi connectivity index (χ0n) is 10.6. The van der Waals surface area contributed by atoms with Crippen molar-refractivity contribution in [3.8, 4) is 0 Å². The number of nitrogens with one attached hydrogen (secondary N) is 1. The molecule has 1 saturated heterocycles. The van der Waals surface area contributed by atoms with Gasteiger partial charge >= 0.3 is 5.69 Å². The summed E-state index contributed by atoms with van der Waals surface area (Å²) in [5.74, 6) is 0. The highest BCUT2D eigenvalue weighted by atomic mass is 16.6. The summed E-state index contributed by atoms with van der Waals surface area (Å²) in [4.78, 5) is 25.4. The smallest absolute Gasteiger partial charge is 0.330 e. The maximum atomic E-state index is 11.9. The Hall–Kier alpha value is -1.90. The minimum absolute atomic E-state index is 0.329. The van der Waals surface area contributed by atoms with Crippen LogP contribution in [0.3, 0.4) is 0 Å². The summed E-state index contributed by atoms with van der Waals surface area (Å²) < 4.78 is 12.1. The predicted octanol–water partition coefficient (Wildman–Crippen LogP) is -1.62. The van der Waals surface area contributed by atoms with Crippen molar-refractivity contribution >= 4 is 0 Å². The van der Waals surface area contributed by atoms with E-state index < -0.39 is 41.9 Å². The van der Waals surface area contributed by atoms with Gasteiger partial charge in [0.1, 0.15) is 11.7 Å². The molecule has 1 fully saturated rings. The first-order chi connectivity index (χ1) is 9.48.